The highest BCUT2D eigenvalue weighted by atomic mass is 127. The lowest BCUT2D eigenvalue weighted by Gasteiger charge is -2.03. The lowest BCUT2D eigenvalue weighted by Crippen LogP contribution is -2.30. The number of phenolic OH excluding ortho intramolecular Hbond substituents is 1. The van der Waals surface area contributed by atoms with Crippen molar-refractivity contribution in [3.05, 3.63) is 21.8 Å². The maximum absolute atomic E-state index is 9.24. The quantitative estimate of drug-likeness (QED) is 0.481. The first-order valence-corrected chi connectivity index (χ1v) is 4.04. The van der Waals surface area contributed by atoms with Crippen LogP contribution in [0.25, 0.3) is 0 Å². The molecule has 3 nitrogen and oxygen atoms in total. The minimum Gasteiger partial charge on any atom is -0.507 e. The second-order valence-electron chi connectivity index (χ2n) is 2.05. The number of para-hydroxylation sites is 1. The van der Waals surface area contributed by atoms with E-state index < -0.39 is 7.12 Å². The van der Waals surface area contributed by atoms with Crippen molar-refractivity contribution in [3.8, 4) is 5.75 Å². The summed E-state index contributed by atoms with van der Waals surface area (Å²) in [6, 6.07) is 4.79. The first kappa shape index (κ1) is 8.83. The van der Waals surface area contributed by atoms with Gasteiger partial charge in [-0.05, 0) is 28.7 Å². The van der Waals surface area contributed by atoms with Gasteiger partial charge in [-0.1, -0.05) is 12.1 Å². The molecule has 0 aliphatic rings. The number of aromatic hydroxyl groups is 1. The lowest BCUT2D eigenvalue weighted by atomic mass is 9.80. The summed E-state index contributed by atoms with van der Waals surface area (Å²) < 4.78 is 0.605. The van der Waals surface area contributed by atoms with E-state index in [1.54, 1.807) is 12.1 Å². The van der Waals surface area contributed by atoms with Gasteiger partial charge in [-0.15, -0.1) is 0 Å². The van der Waals surface area contributed by atoms with Crippen LogP contribution >= 0.6 is 22.6 Å². The first-order valence-electron chi connectivity index (χ1n) is 2.96. The maximum Gasteiger partial charge on any atom is 0.492 e. The summed E-state index contributed by atoms with van der Waals surface area (Å²) in [4.78, 5) is 0. The fourth-order valence-electron chi connectivity index (χ4n) is 0.740. The molecule has 0 atom stereocenters. The minimum atomic E-state index is -1.61. The third-order valence-corrected chi connectivity index (χ3v) is 2.17. The van der Waals surface area contributed by atoms with E-state index in [0.29, 0.717) is 3.57 Å². The molecule has 0 aliphatic heterocycles. The topological polar surface area (TPSA) is 60.7 Å². The van der Waals surface area contributed by atoms with E-state index in [1.165, 1.54) is 6.07 Å². The van der Waals surface area contributed by atoms with Crippen LogP contribution in [0.5, 0.6) is 5.75 Å². The van der Waals surface area contributed by atoms with Gasteiger partial charge in [-0.2, -0.15) is 0 Å². The molecule has 3 N–H and O–H groups in total. The Bertz CT molecular complexity index is 264. The Balaban J connectivity index is 3.17. The highest BCUT2D eigenvalue weighted by molar-refractivity contribution is 14.1. The minimum absolute atomic E-state index is 0.0666. The van der Waals surface area contributed by atoms with Gasteiger partial charge >= 0.3 is 7.12 Å². The van der Waals surface area contributed by atoms with E-state index in [0.717, 1.165) is 0 Å². The third-order valence-electron chi connectivity index (χ3n) is 1.30. The molecular weight excluding hydrogens is 258 g/mol. The summed E-state index contributed by atoms with van der Waals surface area (Å²) in [7, 11) is -1.61. The summed E-state index contributed by atoms with van der Waals surface area (Å²) in [6.45, 7) is 0. The van der Waals surface area contributed by atoms with Crippen molar-refractivity contribution in [2.75, 3.05) is 0 Å². The van der Waals surface area contributed by atoms with Gasteiger partial charge in [0.1, 0.15) is 5.75 Å². The molecule has 58 valence electrons. The molecule has 11 heavy (non-hydrogen) atoms. The predicted octanol–water partition coefficient (Wildman–Crippen LogP) is -0.323. The molecule has 0 aliphatic carbocycles. The average Bonchev–Trinajstić information content (AvgIpc) is 1.94. The molecule has 0 spiro atoms. The second-order valence-corrected chi connectivity index (χ2v) is 3.21. The summed E-state index contributed by atoms with van der Waals surface area (Å²) in [5.74, 6) is -0.0666. The molecule has 0 bridgehead atoms. The normalized spacial score (nSPS) is 9.73. The van der Waals surface area contributed by atoms with Gasteiger partial charge in [0.25, 0.3) is 0 Å². The molecule has 0 amide bonds. The van der Waals surface area contributed by atoms with Crippen LogP contribution in [0.15, 0.2) is 18.2 Å². The summed E-state index contributed by atoms with van der Waals surface area (Å²) in [6.07, 6.45) is 0. The zero-order valence-corrected chi connectivity index (χ0v) is 7.69. The molecule has 1 aromatic carbocycles. The monoisotopic (exact) mass is 264 g/mol. The molecule has 1 aromatic rings. The number of hydrogen-bond acceptors (Lipinski definition) is 3. The van der Waals surface area contributed by atoms with Crippen LogP contribution < -0.4 is 5.46 Å². The summed E-state index contributed by atoms with van der Waals surface area (Å²) in [5.41, 5.74) is 0.136. The smallest absolute Gasteiger partial charge is 0.492 e. The van der Waals surface area contributed by atoms with Crippen molar-refractivity contribution >= 4 is 35.2 Å². The molecule has 1 rings (SSSR count). The SMILES string of the molecule is OB(O)c1cccc(I)c1O. The molecule has 0 aromatic heterocycles. The van der Waals surface area contributed by atoms with Gasteiger partial charge in [0.05, 0.1) is 3.57 Å². The molecule has 0 unspecified atom stereocenters. The highest BCUT2D eigenvalue weighted by Crippen LogP contribution is 2.15. The van der Waals surface area contributed by atoms with Crippen molar-refractivity contribution in [2.24, 2.45) is 0 Å². The van der Waals surface area contributed by atoms with Gasteiger partial charge in [-0.3, -0.25) is 0 Å². The fourth-order valence-corrected chi connectivity index (χ4v) is 1.26. The van der Waals surface area contributed by atoms with Gasteiger partial charge in [0.15, 0.2) is 0 Å². The van der Waals surface area contributed by atoms with Crippen LogP contribution in [0.4, 0.5) is 0 Å². The van der Waals surface area contributed by atoms with Crippen molar-refractivity contribution in [1.82, 2.24) is 0 Å². The first-order chi connectivity index (χ1) is 5.13. The van der Waals surface area contributed by atoms with Crippen LogP contribution in [0.2, 0.25) is 0 Å². The predicted molar refractivity (Wildman–Crippen MR) is 50.6 cm³/mol. The van der Waals surface area contributed by atoms with Crippen LogP contribution in [0.3, 0.4) is 0 Å². The molecule has 0 fully saturated rings. The Morgan fingerprint density at radius 2 is 1.91 bits per heavy atom. The number of phenols is 1. The lowest BCUT2D eigenvalue weighted by molar-refractivity contribution is 0.419. The molecule has 0 saturated heterocycles. The number of benzene rings is 1. The van der Waals surface area contributed by atoms with E-state index in [4.69, 9.17) is 10.0 Å². The number of rotatable bonds is 1. The third kappa shape index (κ3) is 1.85. The van der Waals surface area contributed by atoms with Crippen LogP contribution in [-0.2, 0) is 0 Å². The molecular formula is C6H6BIO3. The Morgan fingerprint density at radius 1 is 1.27 bits per heavy atom. The van der Waals surface area contributed by atoms with Crippen molar-refractivity contribution in [3.63, 3.8) is 0 Å². The highest BCUT2D eigenvalue weighted by Gasteiger charge is 2.16. The Labute approximate surface area is 78.0 Å². The average molecular weight is 264 g/mol. The van der Waals surface area contributed by atoms with Crippen LogP contribution in [0, 0.1) is 3.57 Å². The molecule has 0 radical (unpaired) electrons. The van der Waals surface area contributed by atoms with E-state index in [2.05, 4.69) is 0 Å². The number of hydrogen-bond donors (Lipinski definition) is 3. The fraction of sp³-hybridized carbons (Fsp3) is 0. The Hall–Kier alpha value is -0.265. The standard InChI is InChI=1S/C6H6BIO3/c8-5-3-1-2-4(6(5)9)7(10)11/h1-3,9-11H. The van der Waals surface area contributed by atoms with E-state index >= 15 is 0 Å². The zero-order valence-electron chi connectivity index (χ0n) is 5.53. The van der Waals surface area contributed by atoms with Crippen molar-refractivity contribution < 1.29 is 15.2 Å². The van der Waals surface area contributed by atoms with E-state index in [9.17, 15) is 5.11 Å². The van der Waals surface area contributed by atoms with Crippen LogP contribution in [-0.4, -0.2) is 22.3 Å². The van der Waals surface area contributed by atoms with Crippen LogP contribution in [0.1, 0.15) is 0 Å². The second kappa shape index (κ2) is 3.42. The van der Waals surface area contributed by atoms with Gasteiger partial charge in [0, 0.05) is 5.46 Å². The maximum atomic E-state index is 9.24. The van der Waals surface area contributed by atoms with Crippen molar-refractivity contribution in [1.29, 1.82) is 0 Å². The summed E-state index contributed by atoms with van der Waals surface area (Å²) >= 11 is 1.91. The largest absolute Gasteiger partial charge is 0.507 e. The molecule has 0 heterocycles. The van der Waals surface area contributed by atoms with Gasteiger partial charge in [-0.25, -0.2) is 0 Å². The zero-order chi connectivity index (χ0) is 8.43. The summed E-state index contributed by atoms with van der Waals surface area (Å²) in [5, 5.41) is 26.7. The number of halogens is 1. The Kier molecular flexibility index (Phi) is 2.75. The van der Waals surface area contributed by atoms with E-state index in [-0.39, 0.29) is 11.2 Å². The van der Waals surface area contributed by atoms with Gasteiger partial charge < -0.3 is 15.2 Å². The van der Waals surface area contributed by atoms with Crippen molar-refractivity contribution in [2.45, 2.75) is 0 Å². The molecule has 0 saturated carbocycles. The Morgan fingerprint density at radius 3 is 2.36 bits per heavy atom. The molecule has 5 heteroatoms. The van der Waals surface area contributed by atoms with E-state index in [1.807, 2.05) is 22.6 Å². The van der Waals surface area contributed by atoms with Gasteiger partial charge in [0.2, 0.25) is 0 Å².